The van der Waals surface area contributed by atoms with E-state index >= 15 is 0 Å². The molecule has 50 valence electrons. The number of nitrogens with one attached hydrogen (secondary N) is 1. The molecule has 0 amide bonds. The summed E-state index contributed by atoms with van der Waals surface area (Å²) in [5.41, 5.74) is 0. The largest absolute Gasteiger partial charge is 4.00 e. The van der Waals surface area contributed by atoms with Crippen LogP contribution in [0.2, 0.25) is 0 Å². The fraction of sp³-hybridized carbons (Fsp3) is 0. The predicted octanol–water partition coefficient (Wildman–Crippen LogP) is -4.73. The van der Waals surface area contributed by atoms with Crippen LogP contribution in [-0.4, -0.2) is 4.98 Å². The topological polar surface area (TPSA) is 15.8 Å². The molecule has 4 heteroatoms. The van der Waals surface area contributed by atoms with E-state index in [-0.39, 0.29) is 58.4 Å². The van der Waals surface area contributed by atoms with E-state index < -0.39 is 0 Å². The van der Waals surface area contributed by atoms with Gasteiger partial charge in [0.15, 0.2) is 0 Å². The molecule has 0 aromatic carbocycles. The van der Waals surface area contributed by atoms with Gasteiger partial charge in [-0.1, -0.05) is 0 Å². The van der Waals surface area contributed by atoms with Crippen LogP contribution in [0.15, 0.2) is 18.3 Å². The van der Waals surface area contributed by atoms with Gasteiger partial charge in [0.2, 0.25) is 0 Å². The van der Waals surface area contributed by atoms with Crippen molar-refractivity contribution in [3.63, 3.8) is 0 Å². The van der Waals surface area contributed by atoms with Crippen molar-refractivity contribution >= 4 is 0 Å². The second-order valence-electron chi connectivity index (χ2n) is 0.814. The third-order valence-corrected chi connectivity index (χ3v) is 0.442. The van der Waals surface area contributed by atoms with E-state index in [0.29, 0.717) is 0 Å². The van der Waals surface area contributed by atoms with Gasteiger partial charge >= 0.3 is 26.2 Å². The molecule has 1 heterocycles. The molecular weight excluding hydrogens is 236 g/mol. The van der Waals surface area contributed by atoms with Crippen molar-refractivity contribution in [2.24, 2.45) is 0 Å². The van der Waals surface area contributed by atoms with E-state index in [4.69, 9.17) is 0 Å². The van der Waals surface area contributed by atoms with Crippen molar-refractivity contribution in [1.29, 1.82) is 0 Å². The zero-order chi connectivity index (χ0) is 3.54. The van der Waals surface area contributed by atoms with Gasteiger partial charge in [-0.25, -0.2) is 0 Å². The van der Waals surface area contributed by atoms with Gasteiger partial charge in [0.05, 0.1) is 0 Å². The molecule has 0 atom stereocenters. The third kappa shape index (κ3) is 12.1. The molecule has 0 spiro atoms. The molecule has 9 heavy (non-hydrogen) atoms. The van der Waals surface area contributed by atoms with Gasteiger partial charge in [0.25, 0.3) is 0 Å². The van der Waals surface area contributed by atoms with Gasteiger partial charge in [0.1, 0.15) is 0 Å². The number of hydrogen-bond donors (Lipinski definition) is 1. The number of H-pyrrole nitrogens is 1. The molecule has 0 radical (unpaired) electrons. The molecule has 0 fully saturated rings. The summed E-state index contributed by atoms with van der Waals surface area (Å²) in [6, 6.07) is 3.71. The van der Waals surface area contributed by atoms with Crippen molar-refractivity contribution in [3.05, 3.63) is 32.0 Å². The number of aromatic amines is 1. The maximum Gasteiger partial charge on any atom is 4.00 e. The average Bonchev–Trinajstić information content (AvgIpc) is 1.76. The minimum absolute atomic E-state index is 0. The molecule has 0 aliphatic heterocycles. The summed E-state index contributed by atoms with van der Waals surface area (Å²) < 4.78 is 0. The molecule has 0 aliphatic rings. The third-order valence-electron chi connectivity index (χ3n) is 0.442. The molecule has 1 nitrogen and oxygen atoms in total. The minimum Gasteiger partial charge on any atom is -1.00 e. The fourth-order valence-corrected chi connectivity index (χ4v) is 0.241. The summed E-state index contributed by atoms with van der Waals surface area (Å²) >= 11 is 0. The van der Waals surface area contributed by atoms with E-state index in [9.17, 15) is 0 Å². The Bertz CT molecular complexity index is 71.4. The van der Waals surface area contributed by atoms with Crippen LogP contribution in [0.25, 0.3) is 0 Å². The summed E-state index contributed by atoms with van der Waals surface area (Å²) in [5.74, 6) is 0. The molecular formula is C5H7Cl2NZr. The van der Waals surface area contributed by atoms with E-state index in [1.165, 1.54) is 0 Å². The molecule has 0 saturated heterocycles. The first-order valence-electron chi connectivity index (χ1n) is 1.49. The number of halogens is 2. The van der Waals surface area contributed by atoms with E-state index in [1.807, 2.05) is 18.3 Å². The molecule has 0 unspecified atom stereocenters. The first-order chi connectivity index (χ1) is 2.50. The van der Waals surface area contributed by atoms with Crippen LogP contribution >= 0.6 is 0 Å². The number of hydrogen-bond acceptors (Lipinski definition) is 0. The Morgan fingerprint density at radius 2 is 1.78 bits per heavy atom. The van der Waals surface area contributed by atoms with E-state index in [1.54, 1.807) is 0 Å². The summed E-state index contributed by atoms with van der Waals surface area (Å²) in [4.78, 5) is 2.74. The standard InChI is InChI=1S/C4H4N.CH3.2ClH.Zr/c1-2-4-5-3-1;;;;/h1-3,5H;1H3;2*1H;/q2*-1;;;+4/p-2. The summed E-state index contributed by atoms with van der Waals surface area (Å²) in [6.45, 7) is 0. The van der Waals surface area contributed by atoms with Crippen LogP contribution < -0.4 is 24.8 Å². The van der Waals surface area contributed by atoms with Crippen LogP contribution in [0.5, 0.6) is 0 Å². The van der Waals surface area contributed by atoms with Gasteiger partial charge in [-0.15, -0.1) is 6.20 Å². The Morgan fingerprint density at radius 3 is 1.89 bits per heavy atom. The van der Waals surface area contributed by atoms with Gasteiger partial charge in [0, 0.05) is 0 Å². The SMILES string of the molecule is [CH3-].[Cl-].[Cl-].[Zr+4].[c-]1ccc[nH]1. The predicted molar refractivity (Wildman–Crippen MR) is 26.0 cm³/mol. The molecule has 0 bridgehead atoms. The first-order valence-corrected chi connectivity index (χ1v) is 1.49. The molecule has 1 aromatic heterocycles. The normalized spacial score (nSPS) is 4.44. The monoisotopic (exact) mass is 241 g/mol. The number of rotatable bonds is 0. The van der Waals surface area contributed by atoms with Crippen LogP contribution in [0, 0.1) is 13.6 Å². The first kappa shape index (κ1) is 22.6. The van der Waals surface area contributed by atoms with Crippen LogP contribution in [0.1, 0.15) is 0 Å². The van der Waals surface area contributed by atoms with Gasteiger partial charge in [-0.2, -0.15) is 18.3 Å². The Labute approximate surface area is 87.6 Å². The number of aromatic nitrogens is 1. The van der Waals surface area contributed by atoms with Gasteiger partial charge < -0.3 is 37.2 Å². The molecule has 1 N–H and O–H groups in total. The minimum atomic E-state index is 0. The van der Waals surface area contributed by atoms with Crippen LogP contribution in [0.3, 0.4) is 0 Å². The second-order valence-corrected chi connectivity index (χ2v) is 0.814. The van der Waals surface area contributed by atoms with Gasteiger partial charge in [-0.05, 0) is 0 Å². The Balaban J connectivity index is -0.0000000312. The van der Waals surface area contributed by atoms with E-state index in [2.05, 4.69) is 11.2 Å². The van der Waals surface area contributed by atoms with Crippen molar-refractivity contribution in [2.45, 2.75) is 0 Å². The fourth-order valence-electron chi connectivity index (χ4n) is 0.241. The maximum atomic E-state index is 2.74. The quantitative estimate of drug-likeness (QED) is 0.441. The summed E-state index contributed by atoms with van der Waals surface area (Å²) in [7, 11) is 0. The zero-order valence-corrected chi connectivity index (χ0v) is 8.96. The second kappa shape index (κ2) is 15.9. The van der Waals surface area contributed by atoms with Crippen LogP contribution in [-0.2, 0) is 26.2 Å². The summed E-state index contributed by atoms with van der Waals surface area (Å²) in [5, 5.41) is 0. The van der Waals surface area contributed by atoms with Crippen molar-refractivity contribution in [3.8, 4) is 0 Å². The molecule has 0 aliphatic carbocycles. The Kier molecular flexibility index (Phi) is 39.9. The smallest absolute Gasteiger partial charge is 1.00 e. The van der Waals surface area contributed by atoms with Crippen molar-refractivity contribution in [2.75, 3.05) is 0 Å². The van der Waals surface area contributed by atoms with Crippen LogP contribution in [0.4, 0.5) is 0 Å². The average molecular weight is 243 g/mol. The summed E-state index contributed by atoms with van der Waals surface area (Å²) in [6.07, 6.45) is 4.56. The van der Waals surface area contributed by atoms with Crippen molar-refractivity contribution < 1.29 is 51.0 Å². The molecule has 1 rings (SSSR count). The van der Waals surface area contributed by atoms with Crippen molar-refractivity contribution in [1.82, 2.24) is 4.98 Å². The van der Waals surface area contributed by atoms with Gasteiger partial charge in [-0.3, -0.25) is 0 Å². The zero-order valence-electron chi connectivity index (χ0n) is 4.99. The molecule has 1 aromatic rings. The maximum absolute atomic E-state index is 2.74. The molecule has 0 saturated carbocycles. The Morgan fingerprint density at radius 1 is 1.22 bits per heavy atom. The Hall–Kier alpha value is 0.743. The van der Waals surface area contributed by atoms with E-state index in [0.717, 1.165) is 0 Å².